The van der Waals surface area contributed by atoms with Gasteiger partial charge in [-0.25, -0.2) is 4.79 Å². The molecule has 0 aliphatic carbocycles. The summed E-state index contributed by atoms with van der Waals surface area (Å²) in [6.07, 6.45) is 2.28. The molecule has 0 spiro atoms. The number of nitrogens with zero attached hydrogens (tertiary/aromatic N) is 4. The Morgan fingerprint density at radius 3 is 2.51 bits per heavy atom. The minimum atomic E-state index is -0.627. The summed E-state index contributed by atoms with van der Waals surface area (Å²) >= 11 is 2.24. The smallest absolute Gasteiger partial charge is 0.341 e. The van der Waals surface area contributed by atoms with Crippen molar-refractivity contribution in [1.82, 2.24) is 19.7 Å². The number of anilines is 1. The molecule has 1 atom stereocenters. The van der Waals surface area contributed by atoms with E-state index in [2.05, 4.69) is 29.0 Å². The van der Waals surface area contributed by atoms with Crippen LogP contribution in [0.3, 0.4) is 0 Å². The molecule has 0 fully saturated rings. The summed E-state index contributed by atoms with van der Waals surface area (Å²) in [4.78, 5) is 39.7. The third-order valence-electron chi connectivity index (χ3n) is 5.79. The summed E-state index contributed by atoms with van der Waals surface area (Å²) in [5, 5.41) is 12.1. The summed E-state index contributed by atoms with van der Waals surface area (Å²) in [5.74, 6) is 0.0633. The van der Waals surface area contributed by atoms with Gasteiger partial charge in [-0.2, -0.15) is 0 Å². The highest BCUT2D eigenvalue weighted by Crippen LogP contribution is 2.34. The molecule has 0 bridgehead atoms. The Bertz CT molecular complexity index is 1350. The quantitative estimate of drug-likeness (QED) is 0.188. The number of rotatable bonds is 12. The van der Waals surface area contributed by atoms with Crippen LogP contribution in [-0.4, -0.2) is 64.4 Å². The van der Waals surface area contributed by atoms with E-state index in [0.717, 1.165) is 23.5 Å². The lowest BCUT2D eigenvalue weighted by molar-refractivity contribution is -0.113. The first-order chi connectivity index (χ1) is 18.6. The van der Waals surface area contributed by atoms with Crippen LogP contribution >= 0.6 is 23.1 Å². The number of carbonyl (C=O) groups is 3. The number of nitrogens with one attached hydrogen (secondary N) is 1. The van der Waals surface area contributed by atoms with E-state index >= 15 is 0 Å². The van der Waals surface area contributed by atoms with Gasteiger partial charge < -0.3 is 19.7 Å². The molecule has 0 aliphatic rings. The number of aryl methyl sites for hydroxylation is 1. The number of thiophene rings is 1. The second kappa shape index (κ2) is 13.4. The zero-order valence-corrected chi connectivity index (χ0v) is 24.6. The average Bonchev–Trinajstić information content (AvgIpc) is 3.47. The average molecular weight is 572 g/mol. The Morgan fingerprint density at radius 1 is 1.23 bits per heavy atom. The van der Waals surface area contributed by atoms with Crippen molar-refractivity contribution in [3.05, 3.63) is 64.3 Å². The third-order valence-corrected chi connectivity index (χ3v) is 7.95. The highest BCUT2D eigenvalue weighted by atomic mass is 32.2. The van der Waals surface area contributed by atoms with Gasteiger partial charge in [0.2, 0.25) is 5.91 Å². The van der Waals surface area contributed by atoms with Crippen LogP contribution in [0.15, 0.2) is 42.1 Å². The van der Waals surface area contributed by atoms with Crippen molar-refractivity contribution in [2.45, 2.75) is 45.0 Å². The minimum Gasteiger partial charge on any atom is -0.483 e. The molecule has 208 valence electrons. The van der Waals surface area contributed by atoms with Crippen molar-refractivity contribution in [2.24, 2.45) is 0 Å². The largest absolute Gasteiger partial charge is 0.483 e. The SMILES string of the molecule is C=CCn1c(SCC(=O)Nc2sc(C(=O)N(C)C)c(C)c2C(=O)OC)nnc1C(C)Oc1ccc(CC)cc1. The van der Waals surface area contributed by atoms with E-state index in [1.54, 1.807) is 27.1 Å². The maximum absolute atomic E-state index is 12.9. The van der Waals surface area contributed by atoms with Crippen LogP contribution in [0.25, 0.3) is 0 Å². The van der Waals surface area contributed by atoms with Gasteiger partial charge in [0.1, 0.15) is 10.8 Å². The van der Waals surface area contributed by atoms with E-state index in [4.69, 9.17) is 9.47 Å². The molecule has 0 saturated carbocycles. The number of thioether (sulfide) groups is 1. The van der Waals surface area contributed by atoms with Crippen LogP contribution in [0, 0.1) is 6.92 Å². The van der Waals surface area contributed by atoms with Crippen LogP contribution < -0.4 is 10.1 Å². The van der Waals surface area contributed by atoms with Gasteiger partial charge in [0.15, 0.2) is 17.1 Å². The number of amides is 2. The maximum atomic E-state index is 12.9. The van der Waals surface area contributed by atoms with Gasteiger partial charge in [-0.05, 0) is 43.5 Å². The first-order valence-corrected chi connectivity index (χ1v) is 14.1. The Morgan fingerprint density at radius 2 is 1.92 bits per heavy atom. The van der Waals surface area contributed by atoms with Crippen LogP contribution in [0.5, 0.6) is 5.75 Å². The molecule has 2 aromatic heterocycles. The molecule has 2 amide bonds. The van der Waals surface area contributed by atoms with Crippen molar-refractivity contribution < 1.29 is 23.9 Å². The highest BCUT2D eigenvalue weighted by molar-refractivity contribution is 7.99. The Kier molecular flexibility index (Phi) is 10.3. The first kappa shape index (κ1) is 29.9. The third kappa shape index (κ3) is 7.07. The summed E-state index contributed by atoms with van der Waals surface area (Å²) in [6, 6.07) is 7.90. The number of esters is 1. The van der Waals surface area contributed by atoms with Gasteiger partial charge in [-0.15, -0.1) is 28.1 Å². The molecule has 3 rings (SSSR count). The molecule has 12 heteroatoms. The van der Waals surface area contributed by atoms with E-state index in [9.17, 15) is 14.4 Å². The van der Waals surface area contributed by atoms with Gasteiger partial charge in [0.25, 0.3) is 5.91 Å². The normalized spacial score (nSPS) is 11.5. The molecular formula is C27H33N5O5S2. The number of hydrogen-bond donors (Lipinski definition) is 1. The Labute approximate surface area is 236 Å². The minimum absolute atomic E-state index is 0.00247. The van der Waals surface area contributed by atoms with E-state index in [1.807, 2.05) is 35.8 Å². The molecule has 0 radical (unpaired) electrons. The summed E-state index contributed by atoms with van der Waals surface area (Å²) in [5.41, 5.74) is 1.85. The van der Waals surface area contributed by atoms with Gasteiger partial charge >= 0.3 is 5.97 Å². The first-order valence-electron chi connectivity index (χ1n) is 12.3. The fourth-order valence-electron chi connectivity index (χ4n) is 3.72. The Hall–Kier alpha value is -3.64. The van der Waals surface area contributed by atoms with E-state index in [-0.39, 0.29) is 28.1 Å². The zero-order valence-electron chi connectivity index (χ0n) is 22.9. The molecule has 1 aromatic carbocycles. The number of methoxy groups -OCH3 is 1. The van der Waals surface area contributed by atoms with E-state index < -0.39 is 12.1 Å². The lowest BCUT2D eigenvalue weighted by Gasteiger charge is -2.16. The number of hydrogen-bond acceptors (Lipinski definition) is 9. The second-order valence-electron chi connectivity index (χ2n) is 8.79. The lowest BCUT2D eigenvalue weighted by Crippen LogP contribution is -2.21. The van der Waals surface area contributed by atoms with Crippen molar-refractivity contribution in [3.63, 3.8) is 0 Å². The molecule has 10 nitrogen and oxygen atoms in total. The van der Waals surface area contributed by atoms with Gasteiger partial charge in [0.05, 0.1) is 23.3 Å². The summed E-state index contributed by atoms with van der Waals surface area (Å²) < 4.78 is 12.8. The predicted molar refractivity (Wildman–Crippen MR) is 153 cm³/mol. The number of benzene rings is 1. The van der Waals surface area contributed by atoms with Gasteiger partial charge in [-0.1, -0.05) is 36.9 Å². The molecule has 0 saturated heterocycles. The van der Waals surface area contributed by atoms with Crippen molar-refractivity contribution in [3.8, 4) is 5.75 Å². The van der Waals surface area contributed by atoms with Crippen molar-refractivity contribution in [1.29, 1.82) is 0 Å². The fraction of sp³-hybridized carbons (Fsp3) is 0.370. The van der Waals surface area contributed by atoms with Crippen molar-refractivity contribution >= 4 is 45.9 Å². The number of allylic oxidation sites excluding steroid dienone is 1. The van der Waals surface area contributed by atoms with Gasteiger partial charge in [0, 0.05) is 20.6 Å². The van der Waals surface area contributed by atoms with Crippen molar-refractivity contribution in [2.75, 3.05) is 32.3 Å². The highest BCUT2D eigenvalue weighted by Gasteiger charge is 2.27. The second-order valence-corrected chi connectivity index (χ2v) is 10.7. The van der Waals surface area contributed by atoms with Crippen LogP contribution in [0.4, 0.5) is 5.00 Å². The fourth-order valence-corrected chi connectivity index (χ4v) is 5.71. The van der Waals surface area contributed by atoms with E-state index in [1.165, 1.54) is 29.3 Å². The van der Waals surface area contributed by atoms with E-state index in [0.29, 0.717) is 28.0 Å². The topological polar surface area (TPSA) is 116 Å². The van der Waals surface area contributed by atoms with Crippen LogP contribution in [-0.2, 0) is 22.5 Å². The predicted octanol–water partition coefficient (Wildman–Crippen LogP) is 4.76. The molecule has 39 heavy (non-hydrogen) atoms. The number of carbonyl (C=O) groups excluding carboxylic acids is 3. The van der Waals surface area contributed by atoms with Crippen LogP contribution in [0.1, 0.15) is 56.9 Å². The molecule has 0 aliphatic heterocycles. The molecule has 2 heterocycles. The Balaban J connectivity index is 1.74. The maximum Gasteiger partial charge on any atom is 0.341 e. The standard InChI is InChI=1S/C27H33N5O5S2/c1-8-14-32-23(17(4)37-19-12-10-18(9-2)11-13-19)29-30-27(32)38-15-20(33)28-24-21(26(35)36-7)16(3)22(39-24)25(34)31(5)6/h8,10-13,17H,1,9,14-15H2,2-7H3,(H,28,33). The summed E-state index contributed by atoms with van der Waals surface area (Å²) in [6.45, 7) is 9.90. The number of ether oxygens (including phenoxy) is 2. The summed E-state index contributed by atoms with van der Waals surface area (Å²) in [7, 11) is 4.49. The monoisotopic (exact) mass is 571 g/mol. The molecule has 1 N–H and O–H groups in total. The molecule has 3 aromatic rings. The number of aromatic nitrogens is 3. The zero-order chi connectivity index (χ0) is 28.7. The van der Waals surface area contributed by atoms with Crippen LogP contribution in [0.2, 0.25) is 0 Å². The lowest BCUT2D eigenvalue weighted by atomic mass is 10.1. The molecular weight excluding hydrogens is 538 g/mol. The molecule has 1 unspecified atom stereocenters. The van der Waals surface area contributed by atoms with Gasteiger partial charge in [-0.3, -0.25) is 14.2 Å².